The van der Waals surface area contributed by atoms with Crippen LogP contribution in [0.1, 0.15) is 126 Å². The molecule has 182 valence electrons. The zero-order valence-corrected chi connectivity index (χ0v) is 22.9. The second kappa shape index (κ2) is 7.13. The van der Waals surface area contributed by atoms with Gasteiger partial charge in [0.25, 0.3) is 0 Å². The van der Waals surface area contributed by atoms with Gasteiger partial charge in [-0.15, -0.1) is 0 Å². The first-order valence-electron chi connectivity index (χ1n) is 14.5. The number of fused-ring (bicyclic) bond motifs is 2. The van der Waals surface area contributed by atoms with Gasteiger partial charge in [0.1, 0.15) is 0 Å². The molecule has 9 unspecified atom stereocenters. The Morgan fingerprint density at radius 2 is 1.47 bits per heavy atom. The van der Waals surface area contributed by atoms with Gasteiger partial charge in [-0.1, -0.05) is 67.5 Å². The molecule has 0 amide bonds. The molecule has 5 saturated carbocycles. The van der Waals surface area contributed by atoms with Crippen molar-refractivity contribution in [3.63, 3.8) is 0 Å². The van der Waals surface area contributed by atoms with Crippen LogP contribution in [0.2, 0.25) is 0 Å². The van der Waals surface area contributed by atoms with Gasteiger partial charge in [0.2, 0.25) is 0 Å². The molecule has 5 aliphatic carbocycles. The lowest BCUT2D eigenvalue weighted by Crippen LogP contribution is -2.56. The lowest BCUT2D eigenvalue weighted by Gasteiger charge is -2.63. The molecule has 0 saturated heterocycles. The predicted molar refractivity (Wildman–Crippen MR) is 138 cm³/mol. The van der Waals surface area contributed by atoms with Crippen molar-refractivity contribution in [2.45, 2.75) is 126 Å². The Balaban J connectivity index is 1.39. The van der Waals surface area contributed by atoms with Crippen LogP contribution in [0, 0.1) is 62.6 Å². The van der Waals surface area contributed by atoms with Crippen LogP contribution in [0.3, 0.4) is 0 Å². The minimum atomic E-state index is 0.555. The van der Waals surface area contributed by atoms with Crippen molar-refractivity contribution in [3.8, 4) is 0 Å². The van der Waals surface area contributed by atoms with Crippen molar-refractivity contribution >= 4 is 0 Å². The summed E-state index contributed by atoms with van der Waals surface area (Å²) in [6, 6.07) is 0. The smallest absolute Gasteiger partial charge is 0.0198 e. The zero-order chi connectivity index (χ0) is 23.3. The molecule has 32 heavy (non-hydrogen) atoms. The average molecular weight is 439 g/mol. The largest absolute Gasteiger partial charge is 0.0996 e. The highest BCUT2D eigenvalue weighted by Gasteiger charge is 2.81. The molecular weight excluding hydrogens is 384 g/mol. The second-order valence-electron chi connectivity index (χ2n) is 15.2. The van der Waals surface area contributed by atoms with Crippen LogP contribution >= 0.6 is 0 Å². The fourth-order valence-corrected chi connectivity index (χ4v) is 11.4. The molecule has 0 radical (unpaired) electrons. The average Bonchev–Trinajstić information content (AvgIpc) is 3.31. The lowest BCUT2D eigenvalue weighted by atomic mass is 9.41. The van der Waals surface area contributed by atoms with Crippen LogP contribution in [0.4, 0.5) is 0 Å². The summed E-state index contributed by atoms with van der Waals surface area (Å²) in [5, 5.41) is 0. The van der Waals surface area contributed by atoms with Gasteiger partial charge in [-0.2, -0.15) is 0 Å². The molecule has 9 atom stereocenters. The fourth-order valence-electron chi connectivity index (χ4n) is 11.4. The van der Waals surface area contributed by atoms with E-state index in [-0.39, 0.29) is 0 Å². The molecule has 0 bridgehead atoms. The minimum absolute atomic E-state index is 0.555. The van der Waals surface area contributed by atoms with Crippen molar-refractivity contribution in [1.29, 1.82) is 0 Å². The normalized spacial score (nSPS) is 51.9. The summed E-state index contributed by atoms with van der Waals surface area (Å²) in [4.78, 5) is 0. The molecule has 0 heteroatoms. The Labute approximate surface area is 200 Å². The zero-order valence-electron chi connectivity index (χ0n) is 22.9. The van der Waals surface area contributed by atoms with Crippen LogP contribution < -0.4 is 0 Å². The molecular formula is C32H54. The van der Waals surface area contributed by atoms with Crippen LogP contribution in [-0.4, -0.2) is 0 Å². The lowest BCUT2D eigenvalue weighted by molar-refractivity contribution is -0.149. The molecule has 5 rings (SSSR count). The Morgan fingerprint density at radius 1 is 0.812 bits per heavy atom. The Kier molecular flexibility index (Phi) is 5.23. The van der Waals surface area contributed by atoms with Gasteiger partial charge < -0.3 is 0 Å². The molecule has 0 aromatic heterocycles. The predicted octanol–water partition coefficient (Wildman–Crippen LogP) is 9.69. The highest BCUT2D eigenvalue weighted by atomic mass is 14.9. The Morgan fingerprint density at radius 3 is 2.16 bits per heavy atom. The number of hydrogen-bond donors (Lipinski definition) is 0. The summed E-state index contributed by atoms with van der Waals surface area (Å²) in [7, 11) is 0. The molecule has 0 heterocycles. The van der Waals surface area contributed by atoms with E-state index in [0.717, 1.165) is 40.4 Å². The van der Waals surface area contributed by atoms with Gasteiger partial charge in [0.05, 0.1) is 0 Å². The highest BCUT2D eigenvalue weighted by Crippen LogP contribution is 2.89. The number of hydrogen-bond acceptors (Lipinski definition) is 0. The summed E-state index contributed by atoms with van der Waals surface area (Å²) in [6.45, 7) is 25.0. The van der Waals surface area contributed by atoms with Crippen LogP contribution in [0.5, 0.6) is 0 Å². The molecule has 0 aromatic carbocycles. The quantitative estimate of drug-likeness (QED) is 0.375. The van der Waals surface area contributed by atoms with Crippen molar-refractivity contribution in [2.75, 3.05) is 0 Å². The summed E-state index contributed by atoms with van der Waals surface area (Å²) in [5.41, 5.74) is 4.63. The van der Waals surface area contributed by atoms with Crippen LogP contribution in [0.25, 0.3) is 0 Å². The summed E-state index contributed by atoms with van der Waals surface area (Å²) >= 11 is 0. The van der Waals surface area contributed by atoms with E-state index in [1.54, 1.807) is 25.7 Å². The Hall–Kier alpha value is -0.260. The van der Waals surface area contributed by atoms with Gasteiger partial charge in [0, 0.05) is 0 Å². The standard InChI is InChI=1S/C32H54/c1-21(2)22(3)10-11-23(4)25-15-16-30(9)27-13-12-26-28(6,7)24(5)14-17-31(26)20-32(27,31)19-18-29(25,30)8/h21,23-27H,3,10-20H2,1-2,4-9H3. The Bertz CT molecular complexity index is 773. The van der Waals surface area contributed by atoms with Crippen molar-refractivity contribution in [3.05, 3.63) is 12.2 Å². The van der Waals surface area contributed by atoms with E-state index in [0.29, 0.717) is 22.2 Å². The van der Waals surface area contributed by atoms with Crippen molar-refractivity contribution in [1.82, 2.24) is 0 Å². The first kappa shape index (κ1) is 23.5. The first-order valence-corrected chi connectivity index (χ1v) is 14.5. The van der Waals surface area contributed by atoms with Crippen LogP contribution in [-0.2, 0) is 0 Å². The minimum Gasteiger partial charge on any atom is -0.0996 e. The van der Waals surface area contributed by atoms with Gasteiger partial charge in [0.15, 0.2) is 0 Å². The number of allylic oxidation sites excluding steroid dienone is 1. The van der Waals surface area contributed by atoms with E-state index in [9.17, 15) is 0 Å². The maximum atomic E-state index is 4.39. The second-order valence-corrected chi connectivity index (χ2v) is 15.2. The van der Waals surface area contributed by atoms with Crippen molar-refractivity contribution < 1.29 is 0 Å². The van der Waals surface area contributed by atoms with Gasteiger partial charge in [-0.05, 0) is 133 Å². The maximum absolute atomic E-state index is 4.39. The van der Waals surface area contributed by atoms with Gasteiger partial charge in [-0.25, -0.2) is 0 Å². The monoisotopic (exact) mass is 438 g/mol. The molecule has 2 spiro atoms. The SMILES string of the molecule is C=C(CCC(C)C1CCC2(C)C3CCC4C(C)(C)C(C)CCC45CC35CCC12C)C(C)C. The van der Waals surface area contributed by atoms with E-state index < -0.39 is 0 Å². The van der Waals surface area contributed by atoms with E-state index in [4.69, 9.17) is 0 Å². The van der Waals surface area contributed by atoms with E-state index >= 15 is 0 Å². The molecule has 5 aliphatic rings. The summed E-state index contributed by atoms with van der Waals surface area (Å²) < 4.78 is 0. The topological polar surface area (TPSA) is 0 Å². The molecule has 0 aromatic rings. The summed E-state index contributed by atoms with van der Waals surface area (Å²) in [5.74, 6) is 5.35. The van der Waals surface area contributed by atoms with Gasteiger partial charge in [-0.3, -0.25) is 0 Å². The molecule has 5 fully saturated rings. The molecule has 0 aliphatic heterocycles. The maximum Gasteiger partial charge on any atom is -0.0198 e. The third-order valence-electron chi connectivity index (χ3n) is 14.1. The van der Waals surface area contributed by atoms with Crippen LogP contribution in [0.15, 0.2) is 12.2 Å². The highest BCUT2D eigenvalue weighted by molar-refractivity contribution is 5.30. The van der Waals surface area contributed by atoms with Gasteiger partial charge >= 0.3 is 0 Å². The van der Waals surface area contributed by atoms with Crippen molar-refractivity contribution in [2.24, 2.45) is 62.6 Å². The first-order chi connectivity index (χ1) is 14.9. The van der Waals surface area contributed by atoms with E-state index in [2.05, 4.69) is 62.0 Å². The van der Waals surface area contributed by atoms with E-state index in [1.807, 2.05) is 0 Å². The third kappa shape index (κ3) is 2.74. The third-order valence-corrected chi connectivity index (χ3v) is 14.1. The van der Waals surface area contributed by atoms with E-state index in [1.165, 1.54) is 50.5 Å². The fraction of sp³-hybridized carbons (Fsp3) is 0.938. The molecule has 0 nitrogen and oxygen atoms in total. The molecule has 0 N–H and O–H groups in total. The number of rotatable bonds is 5. The summed E-state index contributed by atoms with van der Waals surface area (Å²) in [6.07, 6.45) is 16.4.